The molecule has 2 saturated heterocycles. The number of fused-ring (bicyclic) bond motifs is 1. The normalized spacial score (nSPS) is 16.8. The van der Waals surface area contributed by atoms with Crippen molar-refractivity contribution in [1.82, 2.24) is 9.97 Å². The summed E-state index contributed by atoms with van der Waals surface area (Å²) in [6, 6.07) is 8.00. The predicted molar refractivity (Wildman–Crippen MR) is 144 cm³/mol. The highest BCUT2D eigenvalue weighted by atomic mass is 19.1. The molecule has 1 aromatic heterocycles. The number of anilines is 2. The molecule has 37 heavy (non-hydrogen) atoms. The molecular weight excluding hydrogens is 474 g/mol. The highest BCUT2D eigenvalue weighted by Gasteiger charge is 2.24. The Morgan fingerprint density at radius 1 is 1.08 bits per heavy atom. The van der Waals surface area contributed by atoms with Crippen molar-refractivity contribution in [3.05, 3.63) is 48.3 Å². The molecule has 2 aliphatic heterocycles. The lowest BCUT2D eigenvalue weighted by atomic mass is 9.96. The van der Waals surface area contributed by atoms with Crippen LogP contribution in [0.4, 0.5) is 20.3 Å². The van der Waals surface area contributed by atoms with E-state index < -0.39 is 5.82 Å². The molecule has 5 rings (SSSR count). The molecule has 2 aliphatic rings. The van der Waals surface area contributed by atoms with Crippen LogP contribution in [-0.2, 0) is 4.84 Å². The molecular formula is C28H32F2N6O. The standard InChI is InChI=1S/C28H32F2N6O/c1-18(2)28(37-31-3)32-16-19-7-11-36(12-8-19)27-23-15-21(29)14-22(26(23)33-17-34-27)20-5-6-25(24(30)13-20)35-9-4-10-35/h5-6,13-15,17-19H,3-4,7-12,16H2,1-2H3. The summed E-state index contributed by atoms with van der Waals surface area (Å²) in [5.74, 6) is 1.15. The van der Waals surface area contributed by atoms with Crippen LogP contribution in [0.25, 0.3) is 22.0 Å². The molecule has 0 atom stereocenters. The molecule has 0 aliphatic carbocycles. The van der Waals surface area contributed by atoms with Gasteiger partial charge in [0.25, 0.3) is 0 Å². The molecule has 0 unspecified atom stereocenters. The van der Waals surface area contributed by atoms with Gasteiger partial charge in [-0.2, -0.15) is 0 Å². The smallest absolute Gasteiger partial charge is 0.222 e. The average molecular weight is 507 g/mol. The predicted octanol–water partition coefficient (Wildman–Crippen LogP) is 5.69. The largest absolute Gasteiger partial charge is 0.369 e. The third-order valence-electron chi connectivity index (χ3n) is 7.21. The number of hydrogen-bond donors (Lipinski definition) is 0. The van der Waals surface area contributed by atoms with Gasteiger partial charge in [-0.25, -0.2) is 18.7 Å². The van der Waals surface area contributed by atoms with Crippen molar-refractivity contribution in [2.24, 2.45) is 22.0 Å². The quantitative estimate of drug-likeness (QED) is 0.234. The van der Waals surface area contributed by atoms with E-state index in [2.05, 4.69) is 31.7 Å². The van der Waals surface area contributed by atoms with Gasteiger partial charge in [0, 0.05) is 56.3 Å². The van der Waals surface area contributed by atoms with E-state index in [1.54, 1.807) is 6.07 Å². The molecule has 7 nitrogen and oxygen atoms in total. The lowest BCUT2D eigenvalue weighted by Gasteiger charge is -2.33. The molecule has 3 aromatic rings. The summed E-state index contributed by atoms with van der Waals surface area (Å²) in [4.78, 5) is 23.0. The molecule has 194 valence electrons. The highest BCUT2D eigenvalue weighted by Crippen LogP contribution is 2.36. The van der Waals surface area contributed by atoms with Crippen LogP contribution in [0.1, 0.15) is 33.1 Å². The van der Waals surface area contributed by atoms with Crippen LogP contribution in [0.3, 0.4) is 0 Å². The lowest BCUT2D eigenvalue weighted by Crippen LogP contribution is -2.37. The van der Waals surface area contributed by atoms with E-state index in [4.69, 9.17) is 4.84 Å². The van der Waals surface area contributed by atoms with Gasteiger partial charge in [0.1, 0.15) is 23.8 Å². The Bertz CT molecular complexity index is 1320. The summed E-state index contributed by atoms with van der Waals surface area (Å²) < 4.78 is 29.8. The van der Waals surface area contributed by atoms with Crippen molar-refractivity contribution < 1.29 is 13.6 Å². The third-order valence-corrected chi connectivity index (χ3v) is 7.21. The van der Waals surface area contributed by atoms with Gasteiger partial charge in [-0.1, -0.05) is 25.1 Å². The third kappa shape index (κ3) is 5.26. The molecule has 9 heteroatoms. The minimum atomic E-state index is -0.396. The molecule has 0 spiro atoms. The fourth-order valence-electron chi connectivity index (χ4n) is 5.01. The van der Waals surface area contributed by atoms with Crippen LogP contribution in [0, 0.1) is 23.5 Å². The van der Waals surface area contributed by atoms with Crippen molar-refractivity contribution in [1.29, 1.82) is 0 Å². The van der Waals surface area contributed by atoms with E-state index in [-0.39, 0.29) is 11.7 Å². The molecule has 2 aromatic carbocycles. The number of aliphatic imine (C=N–C) groups is 1. The number of oxime groups is 1. The zero-order chi connectivity index (χ0) is 25.9. The summed E-state index contributed by atoms with van der Waals surface area (Å²) >= 11 is 0. The zero-order valence-electron chi connectivity index (χ0n) is 21.3. The number of halogens is 2. The molecule has 2 fully saturated rings. The molecule has 3 heterocycles. The van der Waals surface area contributed by atoms with E-state index in [1.807, 2.05) is 24.8 Å². The minimum absolute atomic E-state index is 0.141. The Labute approximate surface area is 215 Å². The van der Waals surface area contributed by atoms with Gasteiger partial charge in [0.2, 0.25) is 5.90 Å². The van der Waals surface area contributed by atoms with E-state index in [1.165, 1.54) is 24.5 Å². The first kappa shape index (κ1) is 25.0. The van der Waals surface area contributed by atoms with Crippen LogP contribution in [0.5, 0.6) is 0 Å². The average Bonchev–Trinajstić information content (AvgIpc) is 2.86. The summed E-state index contributed by atoms with van der Waals surface area (Å²) in [6.45, 7) is 11.3. The van der Waals surface area contributed by atoms with E-state index >= 15 is 0 Å². The Balaban J connectivity index is 1.38. The van der Waals surface area contributed by atoms with Gasteiger partial charge in [0.15, 0.2) is 0 Å². The summed E-state index contributed by atoms with van der Waals surface area (Å²) in [6.07, 6.45) is 4.43. The molecule has 0 radical (unpaired) electrons. The lowest BCUT2D eigenvalue weighted by molar-refractivity contribution is 0.305. The molecule has 0 N–H and O–H groups in total. The van der Waals surface area contributed by atoms with Crippen molar-refractivity contribution >= 4 is 35.0 Å². The van der Waals surface area contributed by atoms with Crippen LogP contribution < -0.4 is 9.80 Å². The van der Waals surface area contributed by atoms with Gasteiger partial charge < -0.3 is 14.6 Å². The Kier molecular flexibility index (Phi) is 7.30. The number of hydrogen-bond acceptors (Lipinski definition) is 7. The first-order chi connectivity index (χ1) is 17.9. The number of benzene rings is 2. The van der Waals surface area contributed by atoms with Gasteiger partial charge in [-0.05, 0) is 55.0 Å². The summed E-state index contributed by atoms with van der Waals surface area (Å²) in [5, 5.41) is 4.14. The Morgan fingerprint density at radius 3 is 2.51 bits per heavy atom. The molecule has 0 saturated carbocycles. The fourth-order valence-corrected chi connectivity index (χ4v) is 5.01. The van der Waals surface area contributed by atoms with Gasteiger partial charge >= 0.3 is 0 Å². The maximum atomic E-state index is 14.9. The van der Waals surface area contributed by atoms with E-state index in [9.17, 15) is 8.78 Å². The van der Waals surface area contributed by atoms with Gasteiger partial charge in [-0.15, -0.1) is 0 Å². The first-order valence-corrected chi connectivity index (χ1v) is 12.9. The van der Waals surface area contributed by atoms with Crippen molar-refractivity contribution in [3.8, 4) is 11.1 Å². The first-order valence-electron chi connectivity index (χ1n) is 12.9. The number of piperidine rings is 1. The van der Waals surface area contributed by atoms with Crippen molar-refractivity contribution in [2.45, 2.75) is 33.1 Å². The number of aromatic nitrogens is 2. The second-order valence-corrected chi connectivity index (χ2v) is 10.0. The van der Waals surface area contributed by atoms with Crippen LogP contribution in [0.2, 0.25) is 0 Å². The molecule has 0 bridgehead atoms. The Morgan fingerprint density at radius 2 is 1.86 bits per heavy atom. The van der Waals surface area contributed by atoms with Crippen molar-refractivity contribution in [3.63, 3.8) is 0 Å². The minimum Gasteiger partial charge on any atom is -0.369 e. The summed E-state index contributed by atoms with van der Waals surface area (Å²) in [5.41, 5.74) is 2.37. The Hall–Kier alpha value is -3.62. The van der Waals surface area contributed by atoms with Gasteiger partial charge in [-0.3, -0.25) is 4.99 Å². The van der Waals surface area contributed by atoms with E-state index in [0.29, 0.717) is 51.9 Å². The molecule has 0 amide bonds. The number of rotatable bonds is 7. The van der Waals surface area contributed by atoms with Crippen LogP contribution in [-0.4, -0.2) is 55.3 Å². The van der Waals surface area contributed by atoms with Crippen molar-refractivity contribution in [2.75, 3.05) is 42.5 Å². The fraction of sp³-hybridized carbons (Fsp3) is 0.429. The second kappa shape index (κ2) is 10.8. The SMILES string of the molecule is C=NOC(=NCC1CCN(c2ncnc3c(-c4ccc(N5CCC5)c(F)c4)cc(F)cc23)CC1)C(C)C. The maximum Gasteiger partial charge on any atom is 0.222 e. The zero-order valence-corrected chi connectivity index (χ0v) is 21.3. The monoisotopic (exact) mass is 506 g/mol. The van der Waals surface area contributed by atoms with E-state index in [0.717, 1.165) is 45.4 Å². The summed E-state index contributed by atoms with van der Waals surface area (Å²) in [7, 11) is 0. The van der Waals surface area contributed by atoms with Gasteiger partial charge in [0.05, 0.1) is 11.2 Å². The maximum absolute atomic E-state index is 14.9. The van der Waals surface area contributed by atoms with Crippen LogP contribution >= 0.6 is 0 Å². The topological polar surface area (TPSA) is 66.2 Å². The highest BCUT2D eigenvalue weighted by molar-refractivity contribution is 5.99. The van der Waals surface area contributed by atoms with Crippen LogP contribution in [0.15, 0.2) is 46.8 Å². The second-order valence-electron chi connectivity index (χ2n) is 10.0. The number of nitrogens with zero attached hydrogens (tertiary/aromatic N) is 6.